The number of carbonyl (C=O) groups excluding carboxylic acids is 2. The van der Waals surface area contributed by atoms with Gasteiger partial charge < -0.3 is 21.1 Å². The van der Waals surface area contributed by atoms with Crippen molar-refractivity contribution in [3.63, 3.8) is 0 Å². The fraction of sp³-hybridized carbons (Fsp3) is 0.462. The minimum atomic E-state index is -0.615. The summed E-state index contributed by atoms with van der Waals surface area (Å²) in [7, 11) is 0. The third-order valence-electron chi connectivity index (χ3n) is 6.97. The van der Waals surface area contributed by atoms with Crippen molar-refractivity contribution < 1.29 is 14.3 Å². The highest BCUT2D eigenvalue weighted by molar-refractivity contribution is 5.97. The Kier molecular flexibility index (Phi) is 7.43. The van der Waals surface area contributed by atoms with Crippen LogP contribution in [0, 0.1) is 17.8 Å². The lowest BCUT2D eigenvalue weighted by molar-refractivity contribution is -0.121. The summed E-state index contributed by atoms with van der Waals surface area (Å²) in [6.45, 7) is 0.584. The Morgan fingerprint density at radius 1 is 0.938 bits per heavy atom. The van der Waals surface area contributed by atoms with Gasteiger partial charge in [0.05, 0.1) is 0 Å². The van der Waals surface area contributed by atoms with Crippen LogP contribution in [0.2, 0.25) is 0 Å². The number of hydrogen-bond acceptors (Lipinski definition) is 4. The molecule has 2 aromatic rings. The molecule has 0 bridgehead atoms. The number of carbonyl (C=O) groups is 2. The second-order valence-corrected chi connectivity index (χ2v) is 9.04. The number of rotatable bonds is 9. The van der Waals surface area contributed by atoms with Crippen molar-refractivity contribution in [1.29, 1.82) is 0 Å². The molecule has 170 valence electrons. The van der Waals surface area contributed by atoms with E-state index < -0.39 is 12.1 Å². The highest BCUT2D eigenvalue weighted by Gasteiger charge is 2.44. The van der Waals surface area contributed by atoms with Gasteiger partial charge in [0, 0.05) is 12.2 Å². The summed E-state index contributed by atoms with van der Waals surface area (Å²) in [6, 6.07) is 16.5. The van der Waals surface area contributed by atoms with Gasteiger partial charge in [0.15, 0.2) is 0 Å². The van der Waals surface area contributed by atoms with Crippen LogP contribution in [0.3, 0.4) is 0 Å². The van der Waals surface area contributed by atoms with Gasteiger partial charge in [0.1, 0.15) is 12.6 Å². The van der Waals surface area contributed by atoms with E-state index in [1.165, 1.54) is 12.8 Å². The zero-order chi connectivity index (χ0) is 22.3. The Hall–Kier alpha value is -2.86. The van der Waals surface area contributed by atoms with Crippen LogP contribution in [0.4, 0.5) is 10.5 Å². The molecular formula is C26H33N3O3. The molecule has 0 radical (unpaired) electrons. The predicted molar refractivity (Wildman–Crippen MR) is 125 cm³/mol. The highest BCUT2D eigenvalue weighted by atomic mass is 16.5. The van der Waals surface area contributed by atoms with Crippen LogP contribution < -0.4 is 16.4 Å². The minimum Gasteiger partial charge on any atom is -0.445 e. The molecule has 2 aliphatic carbocycles. The number of ether oxygens (including phenoxy) is 1. The molecule has 2 saturated carbocycles. The van der Waals surface area contributed by atoms with E-state index in [1.807, 2.05) is 54.6 Å². The fourth-order valence-corrected chi connectivity index (χ4v) is 4.80. The fourth-order valence-electron chi connectivity index (χ4n) is 4.80. The zero-order valence-corrected chi connectivity index (χ0v) is 18.5. The minimum absolute atomic E-state index is 0.138. The van der Waals surface area contributed by atoms with Crippen molar-refractivity contribution in [3.05, 3.63) is 65.7 Å². The number of hydrogen-bond donors (Lipinski definition) is 3. The average Bonchev–Trinajstić information content (AvgIpc) is 2.74. The molecule has 6 nitrogen and oxygen atoms in total. The summed E-state index contributed by atoms with van der Waals surface area (Å²) in [5, 5.41) is 5.95. The maximum Gasteiger partial charge on any atom is 0.408 e. The van der Waals surface area contributed by atoms with Crippen molar-refractivity contribution in [2.45, 2.75) is 57.7 Å². The molecule has 0 spiro atoms. The highest BCUT2D eigenvalue weighted by Crippen LogP contribution is 2.46. The summed E-state index contributed by atoms with van der Waals surface area (Å²) < 4.78 is 5.46. The van der Waals surface area contributed by atoms with Gasteiger partial charge in [-0.05, 0) is 41.0 Å². The van der Waals surface area contributed by atoms with E-state index in [-0.39, 0.29) is 18.4 Å². The lowest BCUT2D eigenvalue weighted by atomic mass is 9.62. The Labute approximate surface area is 189 Å². The van der Waals surface area contributed by atoms with Gasteiger partial charge in [0.25, 0.3) is 0 Å². The first-order valence-corrected chi connectivity index (χ1v) is 11.7. The number of nitrogens with two attached hydrogens (primary N) is 1. The van der Waals surface area contributed by atoms with E-state index in [0.717, 1.165) is 36.8 Å². The molecule has 0 aliphatic heterocycles. The summed E-state index contributed by atoms with van der Waals surface area (Å²) >= 11 is 0. The second kappa shape index (κ2) is 10.6. The lowest BCUT2D eigenvalue weighted by Gasteiger charge is -2.45. The third-order valence-corrected chi connectivity index (χ3v) is 6.97. The number of anilines is 1. The van der Waals surface area contributed by atoms with Crippen LogP contribution in [-0.4, -0.2) is 18.0 Å². The molecule has 0 saturated heterocycles. The van der Waals surface area contributed by atoms with Crippen LogP contribution in [0.25, 0.3) is 0 Å². The van der Waals surface area contributed by atoms with Crippen LogP contribution in [0.15, 0.2) is 54.6 Å². The molecule has 2 fully saturated rings. The monoisotopic (exact) mass is 435 g/mol. The van der Waals surface area contributed by atoms with E-state index >= 15 is 0 Å². The maximum absolute atomic E-state index is 13.4. The smallest absolute Gasteiger partial charge is 0.408 e. The normalized spacial score (nSPS) is 17.2. The van der Waals surface area contributed by atoms with Crippen molar-refractivity contribution in [2.75, 3.05) is 5.32 Å². The molecule has 1 atom stereocenters. The third kappa shape index (κ3) is 5.49. The molecule has 0 heterocycles. The standard InChI is InChI=1S/C26H33N3O3/c27-16-19-9-4-14-22(15-19)28-25(30)24(23(20-10-5-11-20)21-12-6-13-21)29-26(31)32-17-18-7-2-1-3-8-18/h1-4,7-9,14-15,20-21,23-24H,5-6,10-13,16-17,27H2,(H,28,30)(H,29,31)/t24-/m0/s1. The van der Waals surface area contributed by atoms with Gasteiger partial charge in [-0.25, -0.2) is 4.79 Å². The molecule has 2 aliphatic rings. The van der Waals surface area contributed by atoms with E-state index in [9.17, 15) is 9.59 Å². The zero-order valence-electron chi connectivity index (χ0n) is 18.5. The van der Waals surface area contributed by atoms with E-state index in [1.54, 1.807) is 0 Å². The Balaban J connectivity index is 1.48. The first kappa shape index (κ1) is 22.3. The van der Waals surface area contributed by atoms with Crippen LogP contribution in [0.5, 0.6) is 0 Å². The van der Waals surface area contributed by atoms with Crippen LogP contribution >= 0.6 is 0 Å². The Morgan fingerprint density at radius 3 is 2.19 bits per heavy atom. The second-order valence-electron chi connectivity index (χ2n) is 9.04. The maximum atomic E-state index is 13.4. The molecule has 0 unspecified atom stereocenters. The number of nitrogens with one attached hydrogen (secondary N) is 2. The quantitative estimate of drug-likeness (QED) is 0.537. The molecule has 6 heteroatoms. The van der Waals surface area contributed by atoms with Gasteiger partial charge in [-0.15, -0.1) is 0 Å². The molecular weight excluding hydrogens is 402 g/mol. The van der Waals surface area contributed by atoms with Crippen molar-refractivity contribution in [1.82, 2.24) is 5.32 Å². The van der Waals surface area contributed by atoms with Crippen molar-refractivity contribution in [2.24, 2.45) is 23.5 Å². The van der Waals surface area contributed by atoms with E-state index in [2.05, 4.69) is 10.6 Å². The van der Waals surface area contributed by atoms with Gasteiger partial charge >= 0.3 is 6.09 Å². The van der Waals surface area contributed by atoms with Crippen LogP contribution in [-0.2, 0) is 22.7 Å². The van der Waals surface area contributed by atoms with Gasteiger partial charge in [-0.1, -0.05) is 81.0 Å². The summed E-state index contributed by atoms with van der Waals surface area (Å²) in [5.41, 5.74) is 8.31. The first-order valence-electron chi connectivity index (χ1n) is 11.7. The predicted octanol–water partition coefficient (Wildman–Crippen LogP) is 4.60. The first-order chi connectivity index (χ1) is 15.6. The molecule has 4 N–H and O–H groups in total. The number of amides is 2. The molecule has 0 aromatic heterocycles. The van der Waals surface area contributed by atoms with Crippen LogP contribution in [0.1, 0.15) is 49.7 Å². The van der Waals surface area contributed by atoms with Gasteiger partial charge in [-0.3, -0.25) is 4.79 Å². The molecule has 32 heavy (non-hydrogen) atoms. The van der Waals surface area contributed by atoms with E-state index in [4.69, 9.17) is 10.5 Å². The number of benzene rings is 2. The Morgan fingerprint density at radius 2 is 1.59 bits per heavy atom. The SMILES string of the molecule is NCc1cccc(NC(=O)[C@@H](NC(=O)OCc2ccccc2)C(C2CCC2)C2CCC2)c1. The van der Waals surface area contributed by atoms with Gasteiger partial charge in [-0.2, -0.15) is 0 Å². The summed E-state index contributed by atoms with van der Waals surface area (Å²) in [4.78, 5) is 26.2. The van der Waals surface area contributed by atoms with Gasteiger partial charge in [0.2, 0.25) is 5.91 Å². The molecule has 2 amide bonds. The topological polar surface area (TPSA) is 93.5 Å². The molecule has 2 aromatic carbocycles. The largest absolute Gasteiger partial charge is 0.445 e. The van der Waals surface area contributed by atoms with E-state index in [0.29, 0.717) is 24.1 Å². The summed E-state index contributed by atoms with van der Waals surface area (Å²) in [5.74, 6) is 0.904. The average molecular weight is 436 g/mol. The lowest BCUT2D eigenvalue weighted by Crippen LogP contribution is -2.54. The van der Waals surface area contributed by atoms with Crippen molar-refractivity contribution in [3.8, 4) is 0 Å². The number of alkyl carbamates (subject to hydrolysis) is 1. The van der Waals surface area contributed by atoms with Crippen molar-refractivity contribution >= 4 is 17.7 Å². The Bertz CT molecular complexity index is 896. The summed E-state index contributed by atoms with van der Waals surface area (Å²) in [6.07, 6.45) is 6.32. The molecule has 4 rings (SSSR count).